The first-order valence-corrected chi connectivity index (χ1v) is 6.79. The zero-order valence-corrected chi connectivity index (χ0v) is 11.3. The fraction of sp³-hybridized carbons (Fsp3) is 0.583. The van der Waals surface area contributed by atoms with Gasteiger partial charge in [-0.2, -0.15) is 0 Å². The number of anilines is 1. The fourth-order valence-electron chi connectivity index (χ4n) is 2.27. The average Bonchev–Trinajstić information content (AvgIpc) is 2.41. The molecule has 0 saturated carbocycles. The van der Waals surface area contributed by atoms with Crippen LogP contribution in [-0.2, 0) is 0 Å². The molecule has 1 aliphatic heterocycles. The Kier molecular flexibility index (Phi) is 4.93. The van der Waals surface area contributed by atoms with E-state index < -0.39 is 4.92 Å². The molecule has 2 N–H and O–H groups in total. The summed E-state index contributed by atoms with van der Waals surface area (Å²) in [7, 11) is 0. The molecule has 0 radical (unpaired) electrons. The summed E-state index contributed by atoms with van der Waals surface area (Å²) in [5.74, 6) is 0.922. The highest BCUT2D eigenvalue weighted by atomic mass is 35.5. The number of hydrogen-bond acceptors (Lipinski definition) is 5. The van der Waals surface area contributed by atoms with Crippen molar-refractivity contribution in [2.75, 3.05) is 25.0 Å². The van der Waals surface area contributed by atoms with Gasteiger partial charge in [-0.05, 0) is 38.3 Å². The van der Waals surface area contributed by atoms with Gasteiger partial charge in [0.1, 0.15) is 0 Å². The summed E-state index contributed by atoms with van der Waals surface area (Å²) in [5, 5.41) is 17.5. The predicted octanol–water partition coefficient (Wildman–Crippen LogP) is 2.44. The smallest absolute Gasteiger partial charge is 0.312 e. The normalized spacial score (nSPS) is 19.1. The molecule has 0 aliphatic carbocycles. The first kappa shape index (κ1) is 14.0. The molecule has 1 aromatic rings. The van der Waals surface area contributed by atoms with E-state index in [1.165, 1.54) is 25.1 Å². The highest BCUT2D eigenvalue weighted by molar-refractivity contribution is 6.30. The van der Waals surface area contributed by atoms with Gasteiger partial charge in [0.2, 0.25) is 5.82 Å². The van der Waals surface area contributed by atoms with Gasteiger partial charge in [-0.1, -0.05) is 11.6 Å². The van der Waals surface area contributed by atoms with Gasteiger partial charge in [-0.25, -0.2) is 4.98 Å². The largest absolute Gasteiger partial charge is 0.364 e. The lowest BCUT2D eigenvalue weighted by Gasteiger charge is -2.22. The van der Waals surface area contributed by atoms with Crippen LogP contribution >= 0.6 is 11.6 Å². The van der Waals surface area contributed by atoms with Crippen LogP contribution in [0.25, 0.3) is 0 Å². The van der Waals surface area contributed by atoms with E-state index in [-0.39, 0.29) is 16.5 Å². The van der Waals surface area contributed by atoms with Crippen LogP contribution in [0.3, 0.4) is 0 Å². The van der Waals surface area contributed by atoms with Gasteiger partial charge in [0.15, 0.2) is 0 Å². The van der Waals surface area contributed by atoms with Crippen LogP contribution in [0, 0.1) is 16.0 Å². The van der Waals surface area contributed by atoms with Crippen LogP contribution in [0.5, 0.6) is 0 Å². The minimum atomic E-state index is -0.469. The molecule has 2 rings (SSSR count). The number of rotatable bonds is 5. The quantitative estimate of drug-likeness (QED) is 0.641. The lowest BCUT2D eigenvalue weighted by molar-refractivity contribution is -0.384. The van der Waals surface area contributed by atoms with Crippen molar-refractivity contribution in [1.82, 2.24) is 10.3 Å². The minimum absolute atomic E-state index is 0.0748. The predicted molar refractivity (Wildman–Crippen MR) is 74.6 cm³/mol. The van der Waals surface area contributed by atoms with Gasteiger partial charge in [-0.15, -0.1) is 0 Å². The van der Waals surface area contributed by atoms with Gasteiger partial charge in [-0.3, -0.25) is 10.1 Å². The lowest BCUT2D eigenvalue weighted by Crippen LogP contribution is -2.30. The van der Waals surface area contributed by atoms with Crippen molar-refractivity contribution in [3.8, 4) is 0 Å². The van der Waals surface area contributed by atoms with Crippen molar-refractivity contribution in [2.45, 2.75) is 19.3 Å². The lowest BCUT2D eigenvalue weighted by atomic mass is 9.96. The zero-order valence-electron chi connectivity index (χ0n) is 10.6. The van der Waals surface area contributed by atoms with E-state index in [0.717, 1.165) is 19.5 Å². The minimum Gasteiger partial charge on any atom is -0.364 e. The van der Waals surface area contributed by atoms with Gasteiger partial charge in [0, 0.05) is 18.8 Å². The van der Waals surface area contributed by atoms with Crippen molar-refractivity contribution in [1.29, 1.82) is 0 Å². The number of hydrogen-bond donors (Lipinski definition) is 2. The second-order valence-corrected chi connectivity index (χ2v) is 5.14. The molecule has 0 amide bonds. The summed E-state index contributed by atoms with van der Waals surface area (Å²) in [6, 6.07) is 1.32. The molecule has 6 nitrogen and oxygen atoms in total. The number of pyridine rings is 1. The maximum absolute atomic E-state index is 10.9. The molecular formula is C12H17ClN4O2. The topological polar surface area (TPSA) is 80.1 Å². The molecule has 0 spiro atoms. The Hall–Kier alpha value is -1.40. The van der Waals surface area contributed by atoms with Crippen LogP contribution < -0.4 is 10.6 Å². The van der Waals surface area contributed by atoms with Crippen LogP contribution in [0.2, 0.25) is 5.02 Å². The van der Waals surface area contributed by atoms with Gasteiger partial charge < -0.3 is 10.6 Å². The molecule has 104 valence electrons. The summed E-state index contributed by atoms with van der Waals surface area (Å²) in [6.07, 6.45) is 4.81. The molecule has 0 aromatic carbocycles. The number of piperidine rings is 1. The third-order valence-electron chi connectivity index (χ3n) is 3.27. The molecule has 1 unspecified atom stereocenters. The second kappa shape index (κ2) is 6.68. The van der Waals surface area contributed by atoms with Crippen molar-refractivity contribution in [3.63, 3.8) is 0 Å². The maximum atomic E-state index is 10.9. The molecule has 1 aromatic heterocycles. The molecule has 1 fully saturated rings. The van der Waals surface area contributed by atoms with Crippen molar-refractivity contribution in [3.05, 3.63) is 27.4 Å². The Morgan fingerprint density at radius 3 is 3.16 bits per heavy atom. The molecule has 19 heavy (non-hydrogen) atoms. The summed E-state index contributed by atoms with van der Waals surface area (Å²) in [6.45, 7) is 2.80. The zero-order chi connectivity index (χ0) is 13.7. The van der Waals surface area contributed by atoms with E-state index in [1.807, 2.05) is 0 Å². The third-order valence-corrected chi connectivity index (χ3v) is 3.48. The van der Waals surface area contributed by atoms with Crippen LogP contribution in [0.15, 0.2) is 12.3 Å². The number of nitro groups is 1. The molecule has 1 atom stereocenters. The average molecular weight is 285 g/mol. The maximum Gasteiger partial charge on any atom is 0.312 e. The van der Waals surface area contributed by atoms with E-state index in [9.17, 15) is 10.1 Å². The number of halogens is 1. The Morgan fingerprint density at radius 2 is 2.47 bits per heavy atom. The molecule has 2 heterocycles. The SMILES string of the molecule is O=[N+]([O-])c1cc(Cl)cnc1NCCC1CCCNC1. The highest BCUT2D eigenvalue weighted by Gasteiger charge is 2.17. The Labute approximate surface area is 116 Å². The van der Waals surface area contributed by atoms with E-state index in [4.69, 9.17) is 11.6 Å². The van der Waals surface area contributed by atoms with Crippen molar-refractivity contribution in [2.24, 2.45) is 5.92 Å². The van der Waals surface area contributed by atoms with E-state index >= 15 is 0 Å². The van der Waals surface area contributed by atoms with Gasteiger partial charge in [0.05, 0.1) is 9.95 Å². The fourth-order valence-corrected chi connectivity index (χ4v) is 2.42. The number of nitrogens with zero attached hydrogens (tertiary/aromatic N) is 2. The van der Waals surface area contributed by atoms with E-state index in [0.29, 0.717) is 12.5 Å². The van der Waals surface area contributed by atoms with E-state index in [1.54, 1.807) is 0 Å². The summed E-state index contributed by atoms with van der Waals surface area (Å²) in [5.41, 5.74) is -0.0748. The van der Waals surface area contributed by atoms with Crippen LogP contribution in [0.1, 0.15) is 19.3 Å². The molecule has 1 saturated heterocycles. The summed E-state index contributed by atoms with van der Waals surface area (Å²) < 4.78 is 0. The molecule has 0 bridgehead atoms. The monoisotopic (exact) mass is 284 g/mol. The Morgan fingerprint density at radius 1 is 1.63 bits per heavy atom. The Bertz CT molecular complexity index is 449. The first-order valence-electron chi connectivity index (χ1n) is 6.41. The number of nitrogens with one attached hydrogen (secondary N) is 2. The second-order valence-electron chi connectivity index (χ2n) is 4.71. The number of aromatic nitrogens is 1. The van der Waals surface area contributed by atoms with E-state index in [2.05, 4.69) is 15.6 Å². The molecule has 7 heteroatoms. The first-order chi connectivity index (χ1) is 9.16. The summed E-state index contributed by atoms with van der Waals surface area (Å²) in [4.78, 5) is 14.4. The highest BCUT2D eigenvalue weighted by Crippen LogP contribution is 2.25. The van der Waals surface area contributed by atoms with Crippen LogP contribution in [0.4, 0.5) is 11.5 Å². The van der Waals surface area contributed by atoms with Gasteiger partial charge >= 0.3 is 5.69 Å². The van der Waals surface area contributed by atoms with Gasteiger partial charge in [0.25, 0.3) is 0 Å². The Balaban J connectivity index is 1.89. The molecular weight excluding hydrogens is 268 g/mol. The molecule has 1 aliphatic rings. The van der Waals surface area contributed by atoms with Crippen molar-refractivity contribution >= 4 is 23.1 Å². The van der Waals surface area contributed by atoms with Crippen molar-refractivity contribution < 1.29 is 4.92 Å². The van der Waals surface area contributed by atoms with Crippen LogP contribution in [-0.4, -0.2) is 29.5 Å². The summed E-state index contributed by atoms with van der Waals surface area (Å²) >= 11 is 5.71. The standard InChI is InChI=1S/C12H17ClN4O2/c13-10-6-11(17(18)19)12(16-8-10)15-5-3-9-2-1-4-14-7-9/h6,8-9,14H,1-5,7H2,(H,15,16). The third kappa shape index (κ3) is 4.04.